The van der Waals surface area contributed by atoms with Gasteiger partial charge in [0.2, 0.25) is 0 Å². The van der Waals surface area contributed by atoms with Crippen LogP contribution in [-0.4, -0.2) is 18.3 Å². The highest BCUT2D eigenvalue weighted by molar-refractivity contribution is 6.39. The molecule has 0 heterocycles. The average molecular weight is 289 g/mol. The lowest BCUT2D eigenvalue weighted by atomic mass is 10.1. The molecule has 0 unspecified atom stereocenters. The van der Waals surface area contributed by atoms with E-state index in [1.807, 2.05) is 0 Å². The lowest BCUT2D eigenvalue weighted by Gasteiger charge is -2.11. The van der Waals surface area contributed by atoms with Crippen LogP contribution in [0.3, 0.4) is 0 Å². The molecule has 0 saturated carbocycles. The van der Waals surface area contributed by atoms with Gasteiger partial charge in [0.25, 0.3) is 0 Å². The number of Topliss-reactive ketones (excluding diaryl/α,β-unsaturated/α-hetero) is 1. The molecule has 1 aromatic carbocycles. The van der Waals surface area contributed by atoms with Crippen molar-refractivity contribution in [3.05, 3.63) is 27.7 Å². The zero-order valence-electron chi connectivity index (χ0n) is 7.65. The maximum Gasteiger partial charge on any atom is 0.387 e. The molecule has 0 spiro atoms. The Labute approximate surface area is 105 Å². The second-order valence-corrected chi connectivity index (χ2v) is 3.81. The third-order valence-electron chi connectivity index (χ3n) is 1.64. The Morgan fingerprint density at radius 2 is 2.00 bits per heavy atom. The lowest BCUT2D eigenvalue weighted by molar-refractivity contribution is -0.0501. The van der Waals surface area contributed by atoms with Crippen molar-refractivity contribution in [2.75, 3.05) is 5.88 Å². The molecule has 0 N–H and O–H groups in total. The van der Waals surface area contributed by atoms with Crippen LogP contribution in [0.25, 0.3) is 0 Å². The highest BCUT2D eigenvalue weighted by Crippen LogP contribution is 2.32. The molecular weight excluding hydrogens is 284 g/mol. The largest absolute Gasteiger partial charge is 0.434 e. The van der Waals surface area contributed by atoms with Gasteiger partial charge in [0.05, 0.1) is 16.5 Å². The van der Waals surface area contributed by atoms with Gasteiger partial charge in [-0.1, -0.05) is 23.2 Å². The van der Waals surface area contributed by atoms with E-state index < -0.39 is 12.4 Å². The average Bonchev–Trinajstić information content (AvgIpc) is 2.14. The summed E-state index contributed by atoms with van der Waals surface area (Å²) in [7, 11) is 0. The molecule has 0 aromatic heterocycles. The molecule has 0 bridgehead atoms. The van der Waals surface area contributed by atoms with E-state index in [1.54, 1.807) is 0 Å². The van der Waals surface area contributed by atoms with Crippen molar-refractivity contribution in [3.8, 4) is 5.75 Å². The van der Waals surface area contributed by atoms with Crippen molar-refractivity contribution >= 4 is 40.6 Å². The summed E-state index contributed by atoms with van der Waals surface area (Å²) in [6.45, 7) is -3.07. The Morgan fingerprint density at radius 3 is 2.50 bits per heavy atom. The summed E-state index contributed by atoms with van der Waals surface area (Å²) in [6, 6.07) is 2.33. The molecular formula is C9H5Cl3F2O2. The second-order valence-electron chi connectivity index (χ2n) is 2.70. The van der Waals surface area contributed by atoms with Crippen LogP contribution >= 0.6 is 34.8 Å². The first-order valence-corrected chi connectivity index (χ1v) is 5.27. The summed E-state index contributed by atoms with van der Waals surface area (Å²) >= 11 is 16.6. The molecule has 7 heteroatoms. The fourth-order valence-electron chi connectivity index (χ4n) is 1.08. The minimum Gasteiger partial charge on any atom is -0.434 e. The first-order chi connectivity index (χ1) is 7.45. The van der Waals surface area contributed by atoms with Gasteiger partial charge in [0.1, 0.15) is 5.75 Å². The molecule has 0 aliphatic rings. The minimum atomic E-state index is -3.07. The van der Waals surface area contributed by atoms with Gasteiger partial charge < -0.3 is 4.74 Å². The Bertz CT molecular complexity index is 410. The van der Waals surface area contributed by atoms with Crippen LogP contribution < -0.4 is 4.74 Å². The van der Waals surface area contributed by atoms with E-state index in [9.17, 15) is 13.6 Å². The maximum absolute atomic E-state index is 12.1. The van der Waals surface area contributed by atoms with Gasteiger partial charge >= 0.3 is 6.61 Å². The molecule has 1 rings (SSSR count). The van der Waals surface area contributed by atoms with Crippen LogP contribution in [0.4, 0.5) is 8.78 Å². The molecule has 16 heavy (non-hydrogen) atoms. The van der Waals surface area contributed by atoms with E-state index in [0.29, 0.717) is 0 Å². The standard InChI is InChI=1S/C9H5Cl3F2O2/c10-3-6(15)8-5(12)1-4(11)2-7(8)16-9(13)14/h1-2,9H,3H2. The number of hydrogen-bond acceptors (Lipinski definition) is 2. The summed E-state index contributed by atoms with van der Waals surface area (Å²) in [5.74, 6) is -1.38. The van der Waals surface area contributed by atoms with E-state index in [0.717, 1.165) is 6.07 Å². The van der Waals surface area contributed by atoms with Gasteiger partial charge in [-0.2, -0.15) is 8.78 Å². The molecule has 0 atom stereocenters. The van der Waals surface area contributed by atoms with E-state index >= 15 is 0 Å². The summed E-state index contributed by atoms with van der Waals surface area (Å²) in [5, 5.41) is 0.0144. The number of halogens is 5. The monoisotopic (exact) mass is 288 g/mol. The molecule has 0 fully saturated rings. The van der Waals surface area contributed by atoms with E-state index in [4.69, 9.17) is 34.8 Å². The Kier molecular flexibility index (Phi) is 4.77. The fraction of sp³-hybridized carbons (Fsp3) is 0.222. The first-order valence-electron chi connectivity index (χ1n) is 3.98. The molecule has 0 radical (unpaired) electrons. The van der Waals surface area contributed by atoms with E-state index in [-0.39, 0.29) is 27.2 Å². The number of benzene rings is 1. The summed E-state index contributed by atoms with van der Waals surface area (Å²) in [5.41, 5.74) is -0.193. The maximum atomic E-state index is 12.1. The SMILES string of the molecule is O=C(CCl)c1c(Cl)cc(Cl)cc1OC(F)F. The predicted octanol–water partition coefficient (Wildman–Crippen LogP) is 4.02. The lowest BCUT2D eigenvalue weighted by Crippen LogP contribution is -2.09. The number of carbonyl (C=O) groups is 1. The van der Waals surface area contributed by atoms with Crippen LogP contribution in [0.5, 0.6) is 5.75 Å². The number of rotatable bonds is 4. The molecule has 0 amide bonds. The number of alkyl halides is 3. The molecule has 0 aliphatic heterocycles. The van der Waals surface area contributed by atoms with Crippen molar-refractivity contribution in [1.29, 1.82) is 0 Å². The Hall–Kier alpha value is -0.580. The van der Waals surface area contributed by atoms with E-state index in [1.165, 1.54) is 6.07 Å². The molecule has 2 nitrogen and oxygen atoms in total. The fourth-order valence-corrected chi connectivity index (χ4v) is 1.79. The summed E-state index contributed by atoms with van der Waals surface area (Å²) in [6.07, 6.45) is 0. The van der Waals surface area contributed by atoms with Crippen molar-refractivity contribution < 1.29 is 18.3 Å². The van der Waals surface area contributed by atoms with E-state index in [2.05, 4.69) is 4.74 Å². The number of hydrogen-bond donors (Lipinski definition) is 0. The topological polar surface area (TPSA) is 26.3 Å². The highest BCUT2D eigenvalue weighted by atomic mass is 35.5. The predicted molar refractivity (Wildman–Crippen MR) is 58.1 cm³/mol. The van der Waals surface area contributed by atoms with Crippen LogP contribution in [0.2, 0.25) is 10.0 Å². The smallest absolute Gasteiger partial charge is 0.387 e. The van der Waals surface area contributed by atoms with Gasteiger partial charge in [-0.05, 0) is 12.1 Å². The van der Waals surface area contributed by atoms with Crippen molar-refractivity contribution in [2.45, 2.75) is 6.61 Å². The minimum absolute atomic E-state index is 0.0752. The molecule has 0 aliphatic carbocycles. The van der Waals surface area contributed by atoms with Gasteiger partial charge in [-0.15, -0.1) is 11.6 Å². The van der Waals surface area contributed by atoms with Gasteiger partial charge in [-0.25, -0.2) is 0 Å². The third kappa shape index (κ3) is 3.20. The summed E-state index contributed by atoms with van der Waals surface area (Å²) in [4.78, 5) is 11.4. The molecule has 0 saturated heterocycles. The van der Waals surface area contributed by atoms with Crippen molar-refractivity contribution in [2.24, 2.45) is 0 Å². The number of ketones is 1. The summed E-state index contributed by atoms with van der Waals surface area (Å²) < 4.78 is 28.3. The van der Waals surface area contributed by atoms with Gasteiger partial charge in [0.15, 0.2) is 5.78 Å². The van der Waals surface area contributed by atoms with Crippen LogP contribution in [-0.2, 0) is 0 Å². The highest BCUT2D eigenvalue weighted by Gasteiger charge is 2.19. The zero-order valence-corrected chi connectivity index (χ0v) is 9.91. The van der Waals surface area contributed by atoms with Gasteiger partial charge in [0, 0.05) is 5.02 Å². The molecule has 88 valence electrons. The third-order valence-corrected chi connectivity index (χ3v) is 2.39. The number of ether oxygens (including phenoxy) is 1. The van der Waals surface area contributed by atoms with Crippen LogP contribution in [0.1, 0.15) is 10.4 Å². The quantitative estimate of drug-likeness (QED) is 0.618. The first kappa shape index (κ1) is 13.5. The van der Waals surface area contributed by atoms with Crippen molar-refractivity contribution in [1.82, 2.24) is 0 Å². The van der Waals surface area contributed by atoms with Crippen molar-refractivity contribution in [3.63, 3.8) is 0 Å². The van der Waals surface area contributed by atoms with Crippen LogP contribution in [0.15, 0.2) is 12.1 Å². The Morgan fingerprint density at radius 1 is 1.38 bits per heavy atom. The zero-order chi connectivity index (χ0) is 12.3. The molecule has 1 aromatic rings. The normalized spacial score (nSPS) is 10.6. The van der Waals surface area contributed by atoms with Gasteiger partial charge in [-0.3, -0.25) is 4.79 Å². The van der Waals surface area contributed by atoms with Crippen LogP contribution in [0, 0.1) is 0 Å². The Balaban J connectivity index is 3.26. The second kappa shape index (κ2) is 5.66. The number of carbonyl (C=O) groups excluding carboxylic acids is 1.